The summed E-state index contributed by atoms with van der Waals surface area (Å²) < 4.78 is 5.59. The largest absolute Gasteiger partial charge is 0.466 e. The normalized spacial score (nSPS) is 12.0. The molecule has 0 aliphatic carbocycles. The lowest BCUT2D eigenvalue weighted by molar-refractivity contribution is -0.145. The maximum atomic E-state index is 11.1. The predicted molar refractivity (Wildman–Crippen MR) is 74.9 cm³/mol. The number of carbonyl (C=O) groups is 1. The maximum absolute atomic E-state index is 11.1. The molecule has 6 heteroatoms. The lowest BCUT2D eigenvalue weighted by Crippen LogP contribution is -2.24. The van der Waals surface area contributed by atoms with Crippen molar-refractivity contribution in [1.82, 2.24) is 0 Å². The molecule has 0 aromatic heterocycles. The second-order valence-corrected chi connectivity index (χ2v) is 4.96. The fourth-order valence-corrected chi connectivity index (χ4v) is 1.90. The molecule has 0 bridgehead atoms. The Morgan fingerprint density at radius 2 is 2.33 bits per heavy atom. The zero-order valence-electron chi connectivity index (χ0n) is 9.95. The first-order chi connectivity index (χ1) is 8.52. The third-order valence-electron chi connectivity index (χ3n) is 2.16. The second kappa shape index (κ2) is 7.61. The average Bonchev–Trinajstić information content (AvgIpc) is 2.30. The number of nitrogens with one attached hydrogen (secondary N) is 1. The summed E-state index contributed by atoms with van der Waals surface area (Å²) in [5.41, 5.74) is 0.769. The van der Waals surface area contributed by atoms with Gasteiger partial charge in [-0.3, -0.25) is 4.79 Å². The van der Waals surface area contributed by atoms with Crippen molar-refractivity contribution in [3.05, 3.63) is 27.7 Å². The summed E-state index contributed by atoms with van der Waals surface area (Å²) in [4.78, 5) is 11.1. The topological polar surface area (TPSA) is 58.6 Å². The molecule has 0 fully saturated rings. The van der Waals surface area contributed by atoms with Crippen LogP contribution in [0.5, 0.6) is 0 Å². The van der Waals surface area contributed by atoms with E-state index in [0.29, 0.717) is 11.6 Å². The third kappa shape index (κ3) is 5.25. The monoisotopic (exact) mass is 335 g/mol. The van der Waals surface area contributed by atoms with Crippen LogP contribution in [0.4, 0.5) is 5.69 Å². The van der Waals surface area contributed by atoms with E-state index in [2.05, 4.69) is 21.2 Å². The van der Waals surface area contributed by atoms with E-state index in [1.54, 1.807) is 19.1 Å². The number of esters is 1. The Hall–Kier alpha value is -0.780. The molecular weight excluding hydrogens is 321 g/mol. The van der Waals surface area contributed by atoms with Crippen LogP contribution in [-0.4, -0.2) is 30.3 Å². The Kier molecular flexibility index (Phi) is 6.46. The highest BCUT2D eigenvalue weighted by Gasteiger charge is 2.12. The van der Waals surface area contributed by atoms with Crippen molar-refractivity contribution in [1.29, 1.82) is 0 Å². The molecule has 1 aromatic rings. The predicted octanol–water partition coefficient (Wildman–Crippen LogP) is 2.83. The molecule has 0 saturated carbocycles. The van der Waals surface area contributed by atoms with E-state index in [1.165, 1.54) is 0 Å². The second-order valence-electron chi connectivity index (χ2n) is 3.67. The fourth-order valence-electron chi connectivity index (χ4n) is 1.35. The summed E-state index contributed by atoms with van der Waals surface area (Å²) >= 11 is 9.22. The van der Waals surface area contributed by atoms with Gasteiger partial charge in [-0.2, -0.15) is 0 Å². The highest BCUT2D eigenvalue weighted by atomic mass is 79.9. The van der Waals surface area contributed by atoms with Crippen LogP contribution in [0.25, 0.3) is 0 Å². The summed E-state index contributed by atoms with van der Waals surface area (Å²) in [6.07, 6.45) is -0.825. The molecule has 2 N–H and O–H groups in total. The Bertz CT molecular complexity index is 414. The van der Waals surface area contributed by atoms with Gasteiger partial charge in [0, 0.05) is 21.7 Å². The van der Waals surface area contributed by atoms with E-state index in [1.807, 2.05) is 6.07 Å². The highest BCUT2D eigenvalue weighted by molar-refractivity contribution is 9.10. The molecule has 0 heterocycles. The number of carbonyl (C=O) groups excluding carboxylic acids is 1. The number of anilines is 1. The van der Waals surface area contributed by atoms with Gasteiger partial charge in [-0.15, -0.1) is 0 Å². The molecule has 1 atom stereocenters. The third-order valence-corrected chi connectivity index (χ3v) is 3.09. The van der Waals surface area contributed by atoms with Crippen molar-refractivity contribution in [3.8, 4) is 0 Å². The number of aliphatic hydroxyl groups is 1. The average molecular weight is 337 g/mol. The number of rotatable bonds is 6. The molecule has 4 nitrogen and oxygen atoms in total. The SMILES string of the molecule is CCOC(=O)CC(O)CNc1cc(Cl)ccc1Br. The van der Waals surface area contributed by atoms with E-state index in [0.717, 1.165) is 10.2 Å². The van der Waals surface area contributed by atoms with Crippen LogP contribution in [0.2, 0.25) is 5.02 Å². The van der Waals surface area contributed by atoms with Crippen LogP contribution in [0.15, 0.2) is 22.7 Å². The van der Waals surface area contributed by atoms with Gasteiger partial charge in [0.15, 0.2) is 0 Å². The summed E-state index contributed by atoms with van der Waals surface area (Å²) in [5, 5.41) is 13.3. The van der Waals surface area contributed by atoms with Crippen LogP contribution < -0.4 is 5.32 Å². The first kappa shape index (κ1) is 15.3. The number of halogens is 2. The number of aliphatic hydroxyl groups excluding tert-OH is 1. The van der Waals surface area contributed by atoms with Gasteiger partial charge in [0.05, 0.1) is 19.1 Å². The van der Waals surface area contributed by atoms with Crippen molar-refractivity contribution in [3.63, 3.8) is 0 Å². The summed E-state index contributed by atoms with van der Waals surface area (Å²) in [6.45, 7) is 2.29. The van der Waals surface area contributed by atoms with Crippen molar-refractivity contribution in [2.75, 3.05) is 18.5 Å². The first-order valence-corrected chi connectivity index (χ1v) is 6.72. The smallest absolute Gasteiger partial charge is 0.308 e. The molecule has 1 aromatic carbocycles. The first-order valence-electron chi connectivity index (χ1n) is 5.55. The van der Waals surface area contributed by atoms with E-state index < -0.39 is 12.1 Å². The summed E-state index contributed by atoms with van der Waals surface area (Å²) in [7, 11) is 0. The zero-order valence-corrected chi connectivity index (χ0v) is 12.3. The van der Waals surface area contributed by atoms with E-state index in [-0.39, 0.29) is 13.0 Å². The van der Waals surface area contributed by atoms with Crippen molar-refractivity contribution < 1.29 is 14.6 Å². The van der Waals surface area contributed by atoms with Crippen LogP contribution >= 0.6 is 27.5 Å². The molecule has 0 spiro atoms. The Morgan fingerprint density at radius 1 is 1.61 bits per heavy atom. The van der Waals surface area contributed by atoms with Crippen LogP contribution in [0.1, 0.15) is 13.3 Å². The molecule has 0 saturated heterocycles. The van der Waals surface area contributed by atoms with Crippen molar-refractivity contribution in [2.45, 2.75) is 19.4 Å². The van der Waals surface area contributed by atoms with Crippen molar-refractivity contribution >= 4 is 39.2 Å². The maximum Gasteiger partial charge on any atom is 0.308 e. The van der Waals surface area contributed by atoms with E-state index in [9.17, 15) is 9.90 Å². The molecule has 0 amide bonds. The minimum atomic E-state index is -0.796. The summed E-state index contributed by atoms with van der Waals surface area (Å²) in [5.74, 6) is -0.406. The van der Waals surface area contributed by atoms with E-state index in [4.69, 9.17) is 16.3 Å². The molecule has 0 aliphatic heterocycles. The highest BCUT2D eigenvalue weighted by Crippen LogP contribution is 2.25. The Labute approximate surface area is 119 Å². The summed E-state index contributed by atoms with van der Waals surface area (Å²) in [6, 6.07) is 5.30. The van der Waals surface area contributed by atoms with Crippen LogP contribution in [0.3, 0.4) is 0 Å². The molecule has 100 valence electrons. The number of ether oxygens (including phenoxy) is 1. The van der Waals surface area contributed by atoms with Crippen LogP contribution in [-0.2, 0) is 9.53 Å². The van der Waals surface area contributed by atoms with E-state index >= 15 is 0 Å². The molecule has 0 radical (unpaired) electrons. The minimum absolute atomic E-state index is 0.0287. The van der Waals surface area contributed by atoms with Gasteiger partial charge in [-0.25, -0.2) is 0 Å². The van der Waals surface area contributed by atoms with Gasteiger partial charge in [-0.1, -0.05) is 11.6 Å². The fraction of sp³-hybridized carbons (Fsp3) is 0.417. The number of hydrogen-bond acceptors (Lipinski definition) is 4. The van der Waals surface area contributed by atoms with Gasteiger partial charge in [0.1, 0.15) is 0 Å². The van der Waals surface area contributed by atoms with Crippen molar-refractivity contribution in [2.24, 2.45) is 0 Å². The quantitative estimate of drug-likeness (QED) is 0.784. The standard InChI is InChI=1S/C12H15BrClNO3/c1-2-18-12(17)6-9(16)7-15-11-5-8(14)3-4-10(11)13/h3-5,9,15-16H,2,6-7H2,1H3. The van der Waals surface area contributed by atoms with Gasteiger partial charge in [0.25, 0.3) is 0 Å². The number of benzene rings is 1. The van der Waals surface area contributed by atoms with Gasteiger partial charge in [0.2, 0.25) is 0 Å². The van der Waals surface area contributed by atoms with Gasteiger partial charge in [-0.05, 0) is 41.1 Å². The molecule has 1 rings (SSSR count). The number of hydrogen-bond donors (Lipinski definition) is 2. The molecule has 1 unspecified atom stereocenters. The lowest BCUT2D eigenvalue weighted by Gasteiger charge is -2.13. The Balaban J connectivity index is 2.44. The molecule has 0 aliphatic rings. The lowest BCUT2D eigenvalue weighted by atomic mass is 10.2. The van der Waals surface area contributed by atoms with Gasteiger partial charge >= 0.3 is 5.97 Å². The minimum Gasteiger partial charge on any atom is -0.466 e. The Morgan fingerprint density at radius 3 is 3.00 bits per heavy atom. The van der Waals surface area contributed by atoms with Gasteiger partial charge < -0.3 is 15.2 Å². The zero-order chi connectivity index (χ0) is 13.5. The molecule has 18 heavy (non-hydrogen) atoms. The van der Waals surface area contributed by atoms with Crippen LogP contribution in [0, 0.1) is 0 Å². The molecular formula is C12H15BrClNO3.